The van der Waals surface area contributed by atoms with Gasteiger partial charge in [0.1, 0.15) is 5.75 Å². The highest BCUT2D eigenvalue weighted by Gasteiger charge is 2.16. The van der Waals surface area contributed by atoms with Gasteiger partial charge in [0.15, 0.2) is 0 Å². The van der Waals surface area contributed by atoms with E-state index in [9.17, 15) is 9.00 Å². The van der Waals surface area contributed by atoms with Crippen molar-refractivity contribution in [2.24, 2.45) is 0 Å². The van der Waals surface area contributed by atoms with Crippen LogP contribution in [0.3, 0.4) is 0 Å². The Bertz CT molecular complexity index is 543. The lowest BCUT2D eigenvalue weighted by Crippen LogP contribution is -2.31. The van der Waals surface area contributed by atoms with Crippen LogP contribution in [0.5, 0.6) is 0 Å². The first-order valence-electron chi connectivity index (χ1n) is 5.40. The first kappa shape index (κ1) is 16.0. The van der Waals surface area contributed by atoms with Crippen LogP contribution in [0.15, 0.2) is 23.1 Å². The van der Waals surface area contributed by atoms with Crippen LogP contribution < -0.4 is 0 Å². The molecule has 7 heteroatoms. The van der Waals surface area contributed by atoms with Crippen molar-refractivity contribution < 1.29 is 9.00 Å². The SMILES string of the molecule is CN(CCC#N)C(=O)CS(=O)c1cc(Cl)ccc1Cl. The normalized spacial score (nSPS) is 11.7. The zero-order valence-electron chi connectivity index (χ0n) is 10.2. The summed E-state index contributed by atoms with van der Waals surface area (Å²) in [6, 6.07) is 6.57. The van der Waals surface area contributed by atoms with Crippen LogP contribution >= 0.6 is 23.2 Å². The molecule has 0 saturated carbocycles. The maximum atomic E-state index is 12.1. The number of carbonyl (C=O) groups excluding carboxylic acids is 1. The molecule has 0 radical (unpaired) electrons. The molecule has 0 saturated heterocycles. The Hall–Kier alpha value is -1.09. The van der Waals surface area contributed by atoms with Crippen LogP contribution in [0.2, 0.25) is 10.0 Å². The third kappa shape index (κ3) is 4.83. The van der Waals surface area contributed by atoms with Crippen molar-refractivity contribution in [1.29, 1.82) is 5.26 Å². The van der Waals surface area contributed by atoms with Gasteiger partial charge in [-0.1, -0.05) is 23.2 Å². The van der Waals surface area contributed by atoms with E-state index in [0.29, 0.717) is 21.5 Å². The first-order valence-corrected chi connectivity index (χ1v) is 7.47. The third-order valence-corrected chi connectivity index (χ3v) is 4.39. The van der Waals surface area contributed by atoms with E-state index in [-0.39, 0.29) is 18.1 Å². The zero-order valence-corrected chi connectivity index (χ0v) is 12.6. The molecule has 0 aliphatic heterocycles. The minimum Gasteiger partial charge on any atom is -0.344 e. The third-order valence-electron chi connectivity index (χ3n) is 2.38. The summed E-state index contributed by atoms with van der Waals surface area (Å²) in [7, 11) is 0.0140. The van der Waals surface area contributed by atoms with Gasteiger partial charge in [0.25, 0.3) is 0 Å². The maximum absolute atomic E-state index is 12.1. The van der Waals surface area contributed by atoms with Crippen LogP contribution in [0.1, 0.15) is 6.42 Å². The van der Waals surface area contributed by atoms with Crippen molar-refractivity contribution in [1.82, 2.24) is 4.90 Å². The molecule has 0 aromatic heterocycles. The number of rotatable bonds is 5. The Morgan fingerprint density at radius 2 is 2.16 bits per heavy atom. The van der Waals surface area contributed by atoms with Gasteiger partial charge in [-0.3, -0.25) is 9.00 Å². The molecule has 1 aromatic carbocycles. The van der Waals surface area contributed by atoms with E-state index >= 15 is 0 Å². The number of hydrogen-bond donors (Lipinski definition) is 0. The molecular weight excluding hydrogens is 307 g/mol. The van der Waals surface area contributed by atoms with Crippen LogP contribution in [0.25, 0.3) is 0 Å². The summed E-state index contributed by atoms with van der Waals surface area (Å²) in [5.41, 5.74) is 0. The molecule has 1 amide bonds. The second kappa shape index (κ2) is 7.49. The number of benzene rings is 1. The van der Waals surface area contributed by atoms with Crippen LogP contribution in [-0.4, -0.2) is 34.4 Å². The van der Waals surface area contributed by atoms with E-state index in [4.69, 9.17) is 28.5 Å². The highest BCUT2D eigenvalue weighted by atomic mass is 35.5. The molecule has 1 unspecified atom stereocenters. The molecule has 1 rings (SSSR count). The molecule has 1 aromatic rings. The van der Waals surface area contributed by atoms with Gasteiger partial charge in [0, 0.05) is 18.6 Å². The molecule has 102 valence electrons. The highest BCUT2D eigenvalue weighted by molar-refractivity contribution is 7.85. The maximum Gasteiger partial charge on any atom is 0.235 e. The Kier molecular flexibility index (Phi) is 6.29. The Labute approximate surface area is 124 Å². The zero-order chi connectivity index (χ0) is 14.4. The average molecular weight is 319 g/mol. The van der Waals surface area contributed by atoms with Gasteiger partial charge in [0.05, 0.1) is 33.2 Å². The molecule has 4 nitrogen and oxygen atoms in total. The standard InChI is InChI=1S/C12H12Cl2N2O2S/c1-16(6-2-5-15)12(17)8-19(18)11-7-9(13)3-4-10(11)14/h3-4,7H,2,6,8H2,1H3. The minimum atomic E-state index is -1.55. The van der Waals surface area contributed by atoms with Crippen molar-refractivity contribution in [2.45, 2.75) is 11.3 Å². The number of halogens is 2. The van der Waals surface area contributed by atoms with Crippen molar-refractivity contribution in [3.8, 4) is 6.07 Å². The molecule has 0 heterocycles. The Balaban J connectivity index is 2.72. The summed E-state index contributed by atoms with van der Waals surface area (Å²) in [5, 5.41) is 9.17. The summed E-state index contributed by atoms with van der Waals surface area (Å²) in [6.45, 7) is 0.315. The van der Waals surface area contributed by atoms with Gasteiger partial charge in [-0.15, -0.1) is 0 Å². The second-order valence-corrected chi connectivity index (χ2v) is 6.05. The molecule has 0 bridgehead atoms. The smallest absolute Gasteiger partial charge is 0.235 e. The predicted octanol–water partition coefficient (Wildman–Crippen LogP) is 2.47. The van der Waals surface area contributed by atoms with E-state index in [1.807, 2.05) is 6.07 Å². The second-order valence-electron chi connectivity index (χ2n) is 3.79. The fraction of sp³-hybridized carbons (Fsp3) is 0.333. The van der Waals surface area contributed by atoms with Gasteiger partial charge in [0.2, 0.25) is 5.91 Å². The van der Waals surface area contributed by atoms with E-state index in [0.717, 1.165) is 0 Å². The van der Waals surface area contributed by atoms with Crippen molar-refractivity contribution in [2.75, 3.05) is 19.3 Å². The number of hydrogen-bond acceptors (Lipinski definition) is 3. The quantitative estimate of drug-likeness (QED) is 0.837. The van der Waals surface area contributed by atoms with E-state index < -0.39 is 10.8 Å². The molecule has 0 N–H and O–H groups in total. The predicted molar refractivity (Wildman–Crippen MR) is 75.6 cm³/mol. The van der Waals surface area contributed by atoms with Gasteiger partial charge in [-0.2, -0.15) is 5.26 Å². The number of nitrogens with zero attached hydrogens (tertiary/aromatic N) is 2. The summed E-state index contributed by atoms with van der Waals surface area (Å²) >= 11 is 11.7. The highest BCUT2D eigenvalue weighted by Crippen LogP contribution is 2.23. The molecular formula is C12H12Cl2N2O2S. The van der Waals surface area contributed by atoms with Crippen molar-refractivity contribution >= 4 is 39.9 Å². The minimum absolute atomic E-state index is 0.179. The summed E-state index contributed by atoms with van der Waals surface area (Å²) in [6.07, 6.45) is 0.243. The summed E-state index contributed by atoms with van der Waals surface area (Å²) < 4.78 is 12.1. The Morgan fingerprint density at radius 3 is 2.79 bits per heavy atom. The number of carbonyl (C=O) groups is 1. The van der Waals surface area contributed by atoms with E-state index in [1.165, 1.54) is 11.0 Å². The largest absolute Gasteiger partial charge is 0.344 e. The van der Waals surface area contributed by atoms with Gasteiger partial charge in [-0.05, 0) is 18.2 Å². The summed E-state index contributed by atoms with van der Waals surface area (Å²) in [5.74, 6) is -0.480. The number of nitriles is 1. The van der Waals surface area contributed by atoms with Crippen LogP contribution in [0, 0.1) is 11.3 Å². The number of amides is 1. The van der Waals surface area contributed by atoms with Gasteiger partial charge in [-0.25, -0.2) is 0 Å². The van der Waals surface area contributed by atoms with E-state index in [2.05, 4.69) is 0 Å². The van der Waals surface area contributed by atoms with Gasteiger partial charge < -0.3 is 4.90 Å². The first-order chi connectivity index (χ1) is 8.95. The molecule has 19 heavy (non-hydrogen) atoms. The van der Waals surface area contributed by atoms with Gasteiger partial charge >= 0.3 is 0 Å². The fourth-order valence-corrected chi connectivity index (χ4v) is 3.05. The molecule has 0 spiro atoms. The molecule has 0 aliphatic rings. The molecule has 0 aliphatic carbocycles. The van der Waals surface area contributed by atoms with Crippen LogP contribution in [-0.2, 0) is 15.6 Å². The monoisotopic (exact) mass is 318 g/mol. The van der Waals surface area contributed by atoms with Crippen molar-refractivity contribution in [3.05, 3.63) is 28.2 Å². The van der Waals surface area contributed by atoms with Crippen LogP contribution in [0.4, 0.5) is 0 Å². The lowest BCUT2D eigenvalue weighted by atomic mass is 10.4. The van der Waals surface area contributed by atoms with E-state index in [1.54, 1.807) is 19.2 Å². The van der Waals surface area contributed by atoms with Crippen molar-refractivity contribution in [3.63, 3.8) is 0 Å². The lowest BCUT2D eigenvalue weighted by Gasteiger charge is -2.15. The fourth-order valence-electron chi connectivity index (χ4n) is 1.29. The average Bonchev–Trinajstić information content (AvgIpc) is 2.38. The molecule has 1 atom stereocenters. The summed E-state index contributed by atoms with van der Waals surface area (Å²) in [4.78, 5) is 13.5. The Morgan fingerprint density at radius 1 is 1.47 bits per heavy atom. The lowest BCUT2D eigenvalue weighted by molar-refractivity contribution is -0.127. The topological polar surface area (TPSA) is 61.2 Å². The molecule has 0 fully saturated rings.